The van der Waals surface area contributed by atoms with Crippen LogP contribution in [0.1, 0.15) is 0 Å². The maximum absolute atomic E-state index is 4.16. The van der Waals surface area contributed by atoms with Crippen molar-refractivity contribution >= 4 is 17.7 Å². The highest BCUT2D eigenvalue weighted by Crippen LogP contribution is 2.23. The molecule has 0 aromatic heterocycles. The monoisotopic (exact) mass is 376 g/mol. The summed E-state index contributed by atoms with van der Waals surface area (Å²) in [5.41, 5.74) is 9.32. The molecule has 0 aliphatic heterocycles. The topological polar surface area (TPSA) is 49.1 Å². The Balaban J connectivity index is 1.31. The zero-order valence-corrected chi connectivity index (χ0v) is 15.8. The summed E-state index contributed by atoms with van der Waals surface area (Å²) in [7, 11) is 0. The van der Waals surface area contributed by atoms with Crippen molar-refractivity contribution in [3.63, 3.8) is 0 Å². The maximum atomic E-state index is 4.16. The molecule has 0 amide bonds. The fourth-order valence-corrected chi connectivity index (χ4v) is 2.94. The van der Waals surface area contributed by atoms with Crippen molar-refractivity contribution in [2.45, 2.75) is 0 Å². The van der Waals surface area contributed by atoms with E-state index in [0.717, 1.165) is 16.9 Å². The van der Waals surface area contributed by atoms with E-state index in [0.29, 0.717) is 0 Å². The third-order valence-corrected chi connectivity index (χ3v) is 4.44. The lowest BCUT2D eigenvalue weighted by Crippen LogP contribution is -1.88. The van der Waals surface area contributed by atoms with Gasteiger partial charge >= 0.3 is 0 Å². The molecule has 0 saturated heterocycles. The van der Waals surface area contributed by atoms with E-state index in [1.54, 1.807) is 0 Å². The van der Waals surface area contributed by atoms with E-state index < -0.39 is 0 Å². The van der Waals surface area contributed by atoms with Crippen molar-refractivity contribution in [3.8, 4) is 22.3 Å². The smallest absolute Gasteiger partial charge is 0.158 e. The van der Waals surface area contributed by atoms with Crippen LogP contribution in [0.3, 0.4) is 0 Å². The van der Waals surface area contributed by atoms with Gasteiger partial charge in [-0.25, -0.2) is 0 Å². The van der Waals surface area contributed by atoms with Gasteiger partial charge in [-0.2, -0.15) is 5.10 Å². The highest BCUT2D eigenvalue weighted by molar-refractivity contribution is 5.67. The zero-order chi connectivity index (χ0) is 19.7. The van der Waals surface area contributed by atoms with Crippen LogP contribution in [-0.2, 0) is 0 Å². The molecule has 0 saturated carbocycles. The maximum Gasteiger partial charge on any atom is 0.158 e. The summed E-state index contributed by atoms with van der Waals surface area (Å²) in [6.45, 7) is 0. The molecule has 0 aliphatic rings. The lowest BCUT2D eigenvalue weighted by molar-refractivity contribution is 1.26. The van der Waals surface area contributed by atoms with Crippen LogP contribution in [-0.4, -0.2) is 6.34 Å². The molecule has 4 rings (SSSR count). The number of rotatable bonds is 6. The van der Waals surface area contributed by atoms with Crippen molar-refractivity contribution in [2.75, 3.05) is 5.43 Å². The summed E-state index contributed by atoms with van der Waals surface area (Å²) < 4.78 is 0. The average molecular weight is 376 g/mol. The molecule has 4 nitrogen and oxygen atoms in total. The minimum absolute atomic E-state index is 0.781. The third-order valence-electron chi connectivity index (χ3n) is 4.44. The van der Waals surface area contributed by atoms with Crippen molar-refractivity contribution in [1.82, 2.24) is 0 Å². The number of hydrogen-bond donors (Lipinski definition) is 1. The molecule has 0 heterocycles. The van der Waals surface area contributed by atoms with Gasteiger partial charge in [0, 0.05) is 0 Å². The van der Waals surface area contributed by atoms with Gasteiger partial charge < -0.3 is 0 Å². The minimum Gasteiger partial charge on any atom is -0.277 e. The highest BCUT2D eigenvalue weighted by atomic mass is 15.3. The first-order chi connectivity index (χ1) is 14.4. The van der Waals surface area contributed by atoms with Crippen molar-refractivity contribution in [2.24, 2.45) is 15.3 Å². The van der Waals surface area contributed by atoms with Gasteiger partial charge in [-0.1, -0.05) is 84.9 Å². The second-order valence-corrected chi connectivity index (χ2v) is 6.43. The Morgan fingerprint density at radius 2 is 1.00 bits per heavy atom. The number of anilines is 1. The molecule has 4 aromatic carbocycles. The van der Waals surface area contributed by atoms with E-state index in [-0.39, 0.29) is 0 Å². The number of nitrogens with zero attached hydrogens (tertiary/aromatic N) is 3. The van der Waals surface area contributed by atoms with Crippen LogP contribution in [0.5, 0.6) is 0 Å². The van der Waals surface area contributed by atoms with E-state index in [1.807, 2.05) is 72.8 Å². The third kappa shape index (κ3) is 5.02. The summed E-state index contributed by atoms with van der Waals surface area (Å²) >= 11 is 0. The predicted octanol–water partition coefficient (Wildman–Crippen LogP) is 7.16. The number of benzene rings is 4. The Morgan fingerprint density at radius 3 is 1.55 bits per heavy atom. The van der Waals surface area contributed by atoms with Gasteiger partial charge in [0.1, 0.15) is 0 Å². The van der Waals surface area contributed by atoms with Gasteiger partial charge in [0.15, 0.2) is 6.34 Å². The van der Waals surface area contributed by atoms with Gasteiger partial charge in [0.25, 0.3) is 0 Å². The molecule has 0 bridgehead atoms. The average Bonchev–Trinajstić information content (AvgIpc) is 2.81. The van der Waals surface area contributed by atoms with Crippen LogP contribution in [0, 0.1) is 0 Å². The first-order valence-corrected chi connectivity index (χ1v) is 9.38. The lowest BCUT2D eigenvalue weighted by Gasteiger charge is -2.03. The van der Waals surface area contributed by atoms with E-state index in [4.69, 9.17) is 0 Å². The van der Waals surface area contributed by atoms with Gasteiger partial charge in [0.2, 0.25) is 0 Å². The molecule has 0 atom stereocenters. The van der Waals surface area contributed by atoms with Crippen molar-refractivity contribution in [1.29, 1.82) is 0 Å². The predicted molar refractivity (Wildman–Crippen MR) is 120 cm³/mol. The van der Waals surface area contributed by atoms with Gasteiger partial charge in [-0.15, -0.1) is 10.2 Å². The fourth-order valence-electron chi connectivity index (χ4n) is 2.94. The molecular formula is C25H20N4. The van der Waals surface area contributed by atoms with Crippen LogP contribution < -0.4 is 5.43 Å². The molecule has 1 N–H and O–H groups in total. The SMILES string of the molecule is C(/N=Nc1ccc(-c2ccccc2)cc1)=N\Nc1ccc(-c2ccccc2)cc1. The number of azo groups is 1. The van der Waals surface area contributed by atoms with E-state index in [1.165, 1.54) is 23.0 Å². The van der Waals surface area contributed by atoms with Gasteiger partial charge in [0.05, 0.1) is 11.4 Å². The first-order valence-electron chi connectivity index (χ1n) is 9.38. The standard InChI is InChI=1S/C25H20N4/c1-3-7-20(8-4-1)22-11-15-24(16-12-22)28-26-19-27-29-25-17-13-23(14-18-25)21-9-5-2-6-10-21/h1-19,28H/b26-19+,29-27?. The number of hydrazone groups is 1. The van der Waals surface area contributed by atoms with Crippen molar-refractivity contribution < 1.29 is 0 Å². The van der Waals surface area contributed by atoms with Crippen LogP contribution in [0.25, 0.3) is 22.3 Å². The zero-order valence-electron chi connectivity index (χ0n) is 15.8. The molecule has 0 fully saturated rings. The van der Waals surface area contributed by atoms with Gasteiger partial charge in [-0.05, 0) is 46.5 Å². The quantitative estimate of drug-likeness (QED) is 0.165. The Bertz CT molecular complexity index is 1090. The van der Waals surface area contributed by atoms with Gasteiger partial charge in [-0.3, -0.25) is 5.43 Å². The minimum atomic E-state index is 0.781. The summed E-state index contributed by atoms with van der Waals surface area (Å²) in [4.78, 5) is 0. The summed E-state index contributed by atoms with van der Waals surface area (Å²) in [6.07, 6.45) is 1.40. The summed E-state index contributed by atoms with van der Waals surface area (Å²) in [5.74, 6) is 0. The van der Waals surface area contributed by atoms with Crippen LogP contribution in [0.4, 0.5) is 11.4 Å². The molecule has 0 aliphatic carbocycles. The van der Waals surface area contributed by atoms with Crippen molar-refractivity contribution in [3.05, 3.63) is 109 Å². The Kier molecular flexibility index (Phi) is 5.84. The Hall–Kier alpha value is -4.05. The van der Waals surface area contributed by atoms with Crippen LogP contribution in [0.15, 0.2) is 125 Å². The normalized spacial score (nSPS) is 11.2. The summed E-state index contributed by atoms with van der Waals surface area (Å²) in [5, 5.41) is 12.2. The Labute approximate surface area is 170 Å². The molecular weight excluding hydrogens is 356 g/mol. The largest absolute Gasteiger partial charge is 0.277 e. The molecule has 4 heteroatoms. The fraction of sp³-hybridized carbons (Fsp3) is 0. The lowest BCUT2D eigenvalue weighted by atomic mass is 10.1. The second kappa shape index (κ2) is 9.24. The molecule has 0 spiro atoms. The van der Waals surface area contributed by atoms with E-state index >= 15 is 0 Å². The van der Waals surface area contributed by atoms with Crippen LogP contribution in [0.2, 0.25) is 0 Å². The molecule has 0 radical (unpaired) electrons. The Morgan fingerprint density at radius 1 is 0.517 bits per heavy atom. The first kappa shape index (κ1) is 18.3. The second-order valence-electron chi connectivity index (χ2n) is 6.43. The molecule has 29 heavy (non-hydrogen) atoms. The van der Waals surface area contributed by atoms with E-state index in [9.17, 15) is 0 Å². The number of nitrogens with one attached hydrogen (secondary N) is 1. The highest BCUT2D eigenvalue weighted by Gasteiger charge is 1.97. The van der Waals surface area contributed by atoms with E-state index in [2.05, 4.69) is 57.2 Å². The van der Waals surface area contributed by atoms with Crippen LogP contribution >= 0.6 is 0 Å². The molecule has 140 valence electrons. The molecule has 0 unspecified atom stereocenters. The number of hydrogen-bond acceptors (Lipinski definition) is 3. The molecule has 4 aromatic rings. The summed E-state index contributed by atoms with van der Waals surface area (Å²) in [6, 6.07) is 36.5.